The molecule has 1 unspecified atom stereocenters. The van der Waals surface area contributed by atoms with Crippen molar-refractivity contribution in [2.45, 2.75) is 24.9 Å². The van der Waals surface area contributed by atoms with Gasteiger partial charge in [0, 0.05) is 31.4 Å². The molecule has 0 bridgehead atoms. The van der Waals surface area contributed by atoms with Gasteiger partial charge in [0.05, 0.1) is 11.9 Å². The van der Waals surface area contributed by atoms with Gasteiger partial charge in [0.1, 0.15) is 11.4 Å². The summed E-state index contributed by atoms with van der Waals surface area (Å²) in [7, 11) is 0. The van der Waals surface area contributed by atoms with Gasteiger partial charge in [0.25, 0.3) is 5.91 Å². The maximum Gasteiger partial charge on any atom is 0.471 e. The molecular weight excluding hydrogens is 379 g/mol. The van der Waals surface area contributed by atoms with Gasteiger partial charge >= 0.3 is 12.1 Å². The summed E-state index contributed by atoms with van der Waals surface area (Å²) in [5.74, 6) is -2.01. The second-order valence-electron chi connectivity index (χ2n) is 6.31. The first-order valence-electron chi connectivity index (χ1n) is 8.43. The molecule has 1 aliphatic rings. The first kappa shape index (κ1) is 18.1. The number of hydrogen-bond donors (Lipinski definition) is 1. The predicted octanol–water partition coefficient (Wildman–Crippen LogP) is 2.29. The lowest BCUT2D eigenvalue weighted by Gasteiger charge is -2.32. The molecule has 0 aromatic carbocycles. The summed E-state index contributed by atoms with van der Waals surface area (Å²) in [5.41, 5.74) is 1.03. The predicted molar refractivity (Wildman–Crippen MR) is 86.8 cm³/mol. The van der Waals surface area contributed by atoms with Crippen LogP contribution in [0.3, 0.4) is 0 Å². The van der Waals surface area contributed by atoms with E-state index in [-0.39, 0.29) is 23.3 Å². The third kappa shape index (κ3) is 3.57. The third-order valence-corrected chi connectivity index (χ3v) is 4.41. The van der Waals surface area contributed by atoms with Gasteiger partial charge in [-0.1, -0.05) is 5.16 Å². The van der Waals surface area contributed by atoms with Crippen molar-refractivity contribution in [2.75, 3.05) is 13.1 Å². The summed E-state index contributed by atoms with van der Waals surface area (Å²) in [5, 5.41) is 9.76. The number of nitrogens with zero attached hydrogens (tertiary/aromatic N) is 6. The lowest BCUT2D eigenvalue weighted by atomic mass is 9.94. The summed E-state index contributed by atoms with van der Waals surface area (Å²) in [4.78, 5) is 25.9. The average Bonchev–Trinajstić information content (AvgIpc) is 3.39. The molecule has 146 valence electrons. The van der Waals surface area contributed by atoms with Gasteiger partial charge < -0.3 is 9.42 Å². The van der Waals surface area contributed by atoms with Crippen LogP contribution < -0.4 is 0 Å². The summed E-state index contributed by atoms with van der Waals surface area (Å²) in [6.07, 6.45) is 1.10. The number of amides is 1. The first-order chi connectivity index (χ1) is 13.4. The number of aromatic amines is 1. The van der Waals surface area contributed by atoms with E-state index in [1.807, 2.05) is 0 Å². The van der Waals surface area contributed by atoms with E-state index in [1.54, 1.807) is 11.0 Å². The smallest absolute Gasteiger partial charge is 0.337 e. The molecule has 3 aromatic rings. The molecule has 1 N–H and O–H groups in total. The molecule has 0 saturated carbocycles. The Morgan fingerprint density at radius 3 is 2.86 bits per heavy atom. The van der Waals surface area contributed by atoms with Crippen molar-refractivity contribution in [1.29, 1.82) is 0 Å². The van der Waals surface area contributed by atoms with Gasteiger partial charge in [-0.15, -0.1) is 0 Å². The lowest BCUT2D eigenvalue weighted by molar-refractivity contribution is -0.159. The van der Waals surface area contributed by atoms with Crippen molar-refractivity contribution in [3.05, 3.63) is 41.9 Å². The standard InChI is InChI=1S/C16H14F3N7O2/c17-16(18,19)15-23-13(25-28-15)12-7-20-6-11(22-12)9-2-1-5-26(8-9)14(27)10-3-4-21-24-10/h3-4,6-7,9H,1-2,5,8H2,(H,21,24). The largest absolute Gasteiger partial charge is 0.471 e. The van der Waals surface area contributed by atoms with Crippen LogP contribution in [-0.2, 0) is 6.18 Å². The molecule has 0 spiro atoms. The maximum absolute atomic E-state index is 12.6. The Kier molecular flexibility index (Phi) is 4.53. The van der Waals surface area contributed by atoms with Gasteiger partial charge in [0.15, 0.2) is 0 Å². The zero-order valence-electron chi connectivity index (χ0n) is 14.3. The Bertz CT molecular complexity index is 971. The second-order valence-corrected chi connectivity index (χ2v) is 6.31. The minimum atomic E-state index is -4.73. The SMILES string of the molecule is O=C(c1ccn[nH]1)N1CCCC(c2cncc(-c3noc(C(F)(F)F)n3)n2)C1. The number of H-pyrrole nitrogens is 1. The van der Waals surface area contributed by atoms with Gasteiger partial charge in [-0.2, -0.15) is 23.3 Å². The summed E-state index contributed by atoms with van der Waals surface area (Å²) >= 11 is 0. The van der Waals surface area contributed by atoms with Crippen LogP contribution in [0.15, 0.2) is 29.2 Å². The molecule has 3 aromatic heterocycles. The fourth-order valence-corrected chi connectivity index (χ4v) is 3.08. The van der Waals surface area contributed by atoms with Gasteiger partial charge in [0.2, 0.25) is 5.82 Å². The van der Waals surface area contributed by atoms with E-state index in [0.29, 0.717) is 24.5 Å². The third-order valence-electron chi connectivity index (χ3n) is 4.41. The van der Waals surface area contributed by atoms with Crippen LogP contribution in [0, 0.1) is 0 Å². The highest BCUT2D eigenvalue weighted by Gasteiger charge is 2.38. The molecule has 9 nitrogen and oxygen atoms in total. The molecule has 4 heterocycles. The van der Waals surface area contributed by atoms with Crippen LogP contribution in [0.5, 0.6) is 0 Å². The zero-order chi connectivity index (χ0) is 19.7. The topological polar surface area (TPSA) is 114 Å². The van der Waals surface area contributed by atoms with Crippen molar-refractivity contribution in [3.63, 3.8) is 0 Å². The summed E-state index contributed by atoms with van der Waals surface area (Å²) < 4.78 is 42.2. The Labute approximate surface area is 156 Å². The number of carbonyl (C=O) groups excluding carboxylic acids is 1. The Balaban J connectivity index is 1.54. The number of likely N-dealkylation sites (tertiary alicyclic amines) is 1. The number of piperidine rings is 1. The van der Waals surface area contributed by atoms with Crippen molar-refractivity contribution >= 4 is 5.91 Å². The highest BCUT2D eigenvalue weighted by Crippen LogP contribution is 2.30. The Morgan fingerprint density at radius 2 is 2.14 bits per heavy atom. The minimum Gasteiger partial charge on any atom is -0.337 e. The highest BCUT2D eigenvalue weighted by atomic mass is 19.4. The Hall–Kier alpha value is -3.31. The lowest BCUT2D eigenvalue weighted by Crippen LogP contribution is -2.39. The van der Waals surface area contributed by atoms with Crippen LogP contribution in [-0.4, -0.2) is 54.2 Å². The molecule has 4 rings (SSSR count). The van der Waals surface area contributed by atoms with E-state index >= 15 is 0 Å². The van der Waals surface area contributed by atoms with Crippen molar-refractivity contribution < 1.29 is 22.5 Å². The first-order valence-corrected chi connectivity index (χ1v) is 8.43. The monoisotopic (exact) mass is 393 g/mol. The number of rotatable bonds is 3. The van der Waals surface area contributed by atoms with Crippen LogP contribution in [0.2, 0.25) is 0 Å². The van der Waals surface area contributed by atoms with Crippen LogP contribution in [0.25, 0.3) is 11.5 Å². The second kappa shape index (κ2) is 7.02. The molecule has 0 radical (unpaired) electrons. The van der Waals surface area contributed by atoms with Crippen LogP contribution >= 0.6 is 0 Å². The molecule has 12 heteroatoms. The van der Waals surface area contributed by atoms with Crippen molar-refractivity contribution in [1.82, 2.24) is 35.2 Å². The molecule has 0 aliphatic carbocycles. The number of halogens is 3. The summed E-state index contributed by atoms with van der Waals surface area (Å²) in [6, 6.07) is 1.60. The number of hydrogen-bond acceptors (Lipinski definition) is 7. The zero-order valence-corrected chi connectivity index (χ0v) is 14.3. The van der Waals surface area contributed by atoms with E-state index in [9.17, 15) is 18.0 Å². The average molecular weight is 393 g/mol. The number of carbonyl (C=O) groups is 1. The quantitative estimate of drug-likeness (QED) is 0.726. The van der Waals surface area contributed by atoms with E-state index in [1.165, 1.54) is 18.6 Å². The molecule has 1 amide bonds. The minimum absolute atomic E-state index is 0.0776. The van der Waals surface area contributed by atoms with E-state index in [2.05, 4.69) is 34.8 Å². The number of aromatic nitrogens is 6. The van der Waals surface area contributed by atoms with Crippen LogP contribution in [0.4, 0.5) is 13.2 Å². The fourth-order valence-electron chi connectivity index (χ4n) is 3.08. The molecular formula is C16H14F3N7O2. The Morgan fingerprint density at radius 1 is 1.29 bits per heavy atom. The van der Waals surface area contributed by atoms with Crippen molar-refractivity contribution in [2.24, 2.45) is 0 Å². The highest BCUT2D eigenvalue weighted by molar-refractivity contribution is 5.92. The van der Waals surface area contributed by atoms with Gasteiger partial charge in [-0.05, 0) is 18.9 Å². The molecule has 1 saturated heterocycles. The molecule has 28 heavy (non-hydrogen) atoms. The normalized spacial score (nSPS) is 17.7. The molecule has 1 aliphatic heterocycles. The number of alkyl halides is 3. The molecule has 1 atom stereocenters. The maximum atomic E-state index is 12.6. The van der Waals surface area contributed by atoms with E-state index in [4.69, 9.17) is 0 Å². The van der Waals surface area contributed by atoms with Crippen molar-refractivity contribution in [3.8, 4) is 11.5 Å². The fraction of sp³-hybridized carbons (Fsp3) is 0.375. The van der Waals surface area contributed by atoms with Gasteiger partial charge in [-0.3, -0.25) is 14.9 Å². The number of nitrogens with one attached hydrogen (secondary N) is 1. The summed E-state index contributed by atoms with van der Waals surface area (Å²) in [6.45, 7) is 1.01. The van der Waals surface area contributed by atoms with E-state index < -0.39 is 12.1 Å². The van der Waals surface area contributed by atoms with Crippen LogP contribution in [0.1, 0.15) is 40.8 Å². The van der Waals surface area contributed by atoms with Gasteiger partial charge in [-0.25, -0.2) is 4.98 Å². The van der Waals surface area contributed by atoms with E-state index in [0.717, 1.165) is 12.8 Å². The molecule has 1 fully saturated rings.